The van der Waals surface area contributed by atoms with Gasteiger partial charge in [-0.2, -0.15) is 4.31 Å². The minimum atomic E-state index is -3.43. The molecule has 1 amide bonds. The Hall–Kier alpha value is -1.68. The van der Waals surface area contributed by atoms with E-state index in [0.717, 1.165) is 18.8 Å². The van der Waals surface area contributed by atoms with Gasteiger partial charge in [0.1, 0.15) is 9.97 Å². The Morgan fingerprint density at radius 2 is 1.93 bits per heavy atom. The van der Waals surface area contributed by atoms with Crippen molar-refractivity contribution in [2.75, 3.05) is 32.7 Å². The molecule has 2 fully saturated rings. The molecule has 4 rings (SSSR count). The van der Waals surface area contributed by atoms with Gasteiger partial charge in [-0.1, -0.05) is 6.07 Å². The second-order valence-electron chi connectivity index (χ2n) is 7.63. The molecule has 4 heterocycles. The molecule has 0 saturated carbocycles. The maximum atomic E-state index is 12.7. The SMILES string of the molecule is O=C(NC[C@@H](c1ccco1)N1CCCC1)C1CCN(S(=O)(=O)c2cccs2)CC1. The van der Waals surface area contributed by atoms with Crippen LogP contribution in [0.5, 0.6) is 0 Å². The Labute approximate surface area is 175 Å². The molecule has 2 aromatic heterocycles. The van der Waals surface area contributed by atoms with E-state index in [1.54, 1.807) is 23.8 Å². The van der Waals surface area contributed by atoms with Crippen molar-refractivity contribution in [3.63, 3.8) is 0 Å². The molecule has 2 aliphatic heterocycles. The van der Waals surface area contributed by atoms with Crippen molar-refractivity contribution in [1.82, 2.24) is 14.5 Å². The summed E-state index contributed by atoms with van der Waals surface area (Å²) in [5, 5.41) is 4.86. The monoisotopic (exact) mass is 437 g/mol. The molecule has 29 heavy (non-hydrogen) atoms. The van der Waals surface area contributed by atoms with Gasteiger partial charge in [0.2, 0.25) is 5.91 Å². The number of hydrogen-bond donors (Lipinski definition) is 1. The molecule has 0 aromatic carbocycles. The molecule has 158 valence electrons. The molecule has 0 unspecified atom stereocenters. The molecule has 0 bridgehead atoms. The largest absolute Gasteiger partial charge is 0.468 e. The van der Waals surface area contributed by atoms with Crippen molar-refractivity contribution in [2.45, 2.75) is 35.9 Å². The highest BCUT2D eigenvalue weighted by atomic mass is 32.2. The Morgan fingerprint density at radius 3 is 2.55 bits per heavy atom. The van der Waals surface area contributed by atoms with E-state index in [4.69, 9.17) is 4.42 Å². The van der Waals surface area contributed by atoms with Crippen LogP contribution in [0.2, 0.25) is 0 Å². The first-order chi connectivity index (χ1) is 14.1. The van der Waals surface area contributed by atoms with E-state index >= 15 is 0 Å². The lowest BCUT2D eigenvalue weighted by Crippen LogP contribution is -2.44. The standard InChI is InChI=1S/C20H27N3O4S2/c24-20(21-15-17(18-5-3-13-27-18)22-9-1-2-10-22)16-7-11-23(12-8-16)29(25,26)19-6-4-14-28-19/h3-6,13-14,16-17H,1-2,7-12,15H2,(H,21,24)/t17-/m0/s1. The maximum Gasteiger partial charge on any atom is 0.252 e. The van der Waals surface area contributed by atoms with Crippen LogP contribution in [0.25, 0.3) is 0 Å². The van der Waals surface area contributed by atoms with Gasteiger partial charge in [0.05, 0.1) is 12.3 Å². The van der Waals surface area contributed by atoms with Gasteiger partial charge in [-0.3, -0.25) is 9.69 Å². The lowest BCUT2D eigenvalue weighted by molar-refractivity contribution is -0.126. The number of amides is 1. The fraction of sp³-hybridized carbons (Fsp3) is 0.550. The van der Waals surface area contributed by atoms with E-state index in [-0.39, 0.29) is 17.9 Å². The van der Waals surface area contributed by atoms with Crippen LogP contribution < -0.4 is 5.32 Å². The average Bonchev–Trinajstić information content (AvgIpc) is 3.52. The van der Waals surface area contributed by atoms with Gasteiger partial charge in [0.15, 0.2) is 0 Å². The highest BCUT2D eigenvalue weighted by Crippen LogP contribution is 2.28. The van der Waals surface area contributed by atoms with Gasteiger partial charge in [0, 0.05) is 25.6 Å². The van der Waals surface area contributed by atoms with E-state index in [1.165, 1.54) is 28.5 Å². The number of thiophene rings is 1. The van der Waals surface area contributed by atoms with Crippen molar-refractivity contribution >= 4 is 27.3 Å². The number of carbonyl (C=O) groups is 1. The third kappa shape index (κ3) is 4.58. The highest BCUT2D eigenvalue weighted by Gasteiger charge is 2.33. The van der Waals surface area contributed by atoms with Crippen molar-refractivity contribution in [3.05, 3.63) is 41.7 Å². The van der Waals surface area contributed by atoms with E-state index < -0.39 is 10.0 Å². The molecular formula is C20H27N3O4S2. The Balaban J connectivity index is 1.31. The number of piperidine rings is 1. The molecule has 1 atom stereocenters. The summed E-state index contributed by atoms with van der Waals surface area (Å²) in [4.78, 5) is 15.1. The second-order valence-corrected chi connectivity index (χ2v) is 10.7. The highest BCUT2D eigenvalue weighted by molar-refractivity contribution is 7.91. The van der Waals surface area contributed by atoms with Crippen LogP contribution in [0.3, 0.4) is 0 Å². The van der Waals surface area contributed by atoms with Gasteiger partial charge in [-0.05, 0) is 62.4 Å². The molecule has 2 aromatic rings. The summed E-state index contributed by atoms with van der Waals surface area (Å²) in [6.45, 7) is 3.30. The topological polar surface area (TPSA) is 82.9 Å². The van der Waals surface area contributed by atoms with E-state index in [1.807, 2.05) is 12.1 Å². The zero-order chi connectivity index (χ0) is 20.3. The van der Waals surface area contributed by atoms with E-state index in [0.29, 0.717) is 36.7 Å². The quantitative estimate of drug-likeness (QED) is 0.720. The molecule has 0 radical (unpaired) electrons. The van der Waals surface area contributed by atoms with Gasteiger partial charge < -0.3 is 9.73 Å². The van der Waals surface area contributed by atoms with Crippen LogP contribution >= 0.6 is 11.3 Å². The molecule has 9 heteroatoms. The molecule has 0 aliphatic carbocycles. The Morgan fingerprint density at radius 1 is 1.17 bits per heavy atom. The Kier molecular flexibility index (Phi) is 6.38. The lowest BCUT2D eigenvalue weighted by atomic mass is 9.97. The molecule has 2 aliphatic rings. The second kappa shape index (κ2) is 8.99. The summed E-state index contributed by atoms with van der Waals surface area (Å²) in [6.07, 6.45) is 5.10. The number of likely N-dealkylation sites (tertiary alicyclic amines) is 1. The summed E-state index contributed by atoms with van der Waals surface area (Å²) in [5.74, 6) is 0.735. The van der Waals surface area contributed by atoms with Crippen LogP contribution in [0.15, 0.2) is 44.5 Å². The summed E-state index contributed by atoms with van der Waals surface area (Å²) in [6, 6.07) is 7.27. The van der Waals surface area contributed by atoms with Crippen LogP contribution in [0.1, 0.15) is 37.5 Å². The minimum Gasteiger partial charge on any atom is -0.468 e. The predicted octanol–water partition coefficient (Wildman–Crippen LogP) is 2.70. The van der Waals surface area contributed by atoms with Crippen LogP contribution in [0, 0.1) is 5.92 Å². The summed E-state index contributed by atoms with van der Waals surface area (Å²) < 4.78 is 32.7. The van der Waals surface area contributed by atoms with Crippen molar-refractivity contribution < 1.29 is 17.6 Å². The third-order valence-corrected chi connectivity index (χ3v) is 9.11. The molecular weight excluding hydrogens is 410 g/mol. The molecule has 7 nitrogen and oxygen atoms in total. The third-order valence-electron chi connectivity index (χ3n) is 5.84. The van der Waals surface area contributed by atoms with Crippen molar-refractivity contribution in [1.29, 1.82) is 0 Å². The first-order valence-electron chi connectivity index (χ1n) is 10.1. The fourth-order valence-electron chi connectivity index (χ4n) is 4.18. The Bertz CT molecular complexity index is 882. The summed E-state index contributed by atoms with van der Waals surface area (Å²) in [7, 11) is -3.43. The molecule has 2 saturated heterocycles. The van der Waals surface area contributed by atoms with E-state index in [9.17, 15) is 13.2 Å². The zero-order valence-electron chi connectivity index (χ0n) is 16.3. The first-order valence-corrected chi connectivity index (χ1v) is 12.5. The average molecular weight is 438 g/mol. The maximum absolute atomic E-state index is 12.7. The van der Waals surface area contributed by atoms with Gasteiger partial charge in [-0.25, -0.2) is 8.42 Å². The summed E-state index contributed by atoms with van der Waals surface area (Å²) in [5.41, 5.74) is 0. The minimum absolute atomic E-state index is 0.00826. The van der Waals surface area contributed by atoms with Gasteiger partial charge in [-0.15, -0.1) is 11.3 Å². The number of nitrogens with one attached hydrogen (secondary N) is 1. The normalized spacial score (nSPS) is 20.7. The van der Waals surface area contributed by atoms with Crippen LogP contribution in [0.4, 0.5) is 0 Å². The fourth-order valence-corrected chi connectivity index (χ4v) is 6.80. The number of carbonyl (C=O) groups excluding carboxylic acids is 1. The predicted molar refractivity (Wildman–Crippen MR) is 111 cm³/mol. The first kappa shape index (κ1) is 20.6. The summed E-state index contributed by atoms with van der Waals surface area (Å²) >= 11 is 1.23. The number of hydrogen-bond acceptors (Lipinski definition) is 6. The van der Waals surface area contributed by atoms with Crippen molar-refractivity contribution in [2.24, 2.45) is 5.92 Å². The van der Waals surface area contributed by atoms with Gasteiger partial charge in [0.25, 0.3) is 10.0 Å². The molecule has 1 N–H and O–H groups in total. The number of nitrogens with zero attached hydrogens (tertiary/aromatic N) is 2. The van der Waals surface area contributed by atoms with Crippen molar-refractivity contribution in [3.8, 4) is 0 Å². The van der Waals surface area contributed by atoms with E-state index in [2.05, 4.69) is 10.2 Å². The smallest absolute Gasteiger partial charge is 0.252 e. The van der Waals surface area contributed by atoms with Crippen LogP contribution in [-0.4, -0.2) is 56.3 Å². The van der Waals surface area contributed by atoms with Gasteiger partial charge >= 0.3 is 0 Å². The zero-order valence-corrected chi connectivity index (χ0v) is 18.0. The lowest BCUT2D eigenvalue weighted by Gasteiger charge is -2.31. The molecule has 0 spiro atoms. The number of furan rings is 1. The number of rotatable bonds is 7. The number of sulfonamides is 1. The van der Waals surface area contributed by atoms with Crippen LogP contribution in [-0.2, 0) is 14.8 Å².